The Kier molecular flexibility index (Phi) is 7.10. The van der Waals surface area contributed by atoms with Gasteiger partial charge in [0, 0.05) is 31.1 Å². The van der Waals surface area contributed by atoms with Crippen molar-refractivity contribution >= 4 is 18.3 Å². The second-order valence-electron chi connectivity index (χ2n) is 6.31. The van der Waals surface area contributed by atoms with Crippen molar-refractivity contribution in [3.8, 4) is 0 Å². The van der Waals surface area contributed by atoms with Gasteiger partial charge in [-0.2, -0.15) is 13.2 Å². The van der Waals surface area contributed by atoms with Gasteiger partial charge in [0.15, 0.2) is 0 Å². The van der Waals surface area contributed by atoms with Crippen molar-refractivity contribution in [3.63, 3.8) is 0 Å². The first kappa shape index (κ1) is 20.8. The number of nitrogens with zero attached hydrogens (tertiary/aromatic N) is 1. The summed E-state index contributed by atoms with van der Waals surface area (Å²) < 4.78 is 37.7. The van der Waals surface area contributed by atoms with E-state index < -0.39 is 11.7 Å². The molecule has 24 heavy (non-hydrogen) atoms. The zero-order valence-electron chi connectivity index (χ0n) is 14.1. The smallest absolute Gasteiger partial charge is 0.337 e. The van der Waals surface area contributed by atoms with E-state index in [9.17, 15) is 18.0 Å². The average Bonchev–Trinajstić information content (AvgIpc) is 2.49. The molecule has 1 heterocycles. The predicted molar refractivity (Wildman–Crippen MR) is 90.2 cm³/mol. The second kappa shape index (κ2) is 8.21. The number of alkyl halides is 3. The number of rotatable bonds is 3. The van der Waals surface area contributed by atoms with Gasteiger partial charge >= 0.3 is 6.18 Å². The van der Waals surface area contributed by atoms with Gasteiger partial charge < -0.3 is 10.2 Å². The van der Waals surface area contributed by atoms with Crippen LogP contribution in [0.15, 0.2) is 24.3 Å². The maximum atomic E-state index is 12.6. The molecule has 3 atom stereocenters. The minimum absolute atomic E-state index is 0. The number of benzene rings is 1. The van der Waals surface area contributed by atoms with Gasteiger partial charge in [0.05, 0.1) is 5.56 Å². The van der Waals surface area contributed by atoms with Gasteiger partial charge in [0.2, 0.25) is 5.91 Å². The number of hydrogen-bond donors (Lipinski definition) is 1. The van der Waals surface area contributed by atoms with Gasteiger partial charge in [-0.25, -0.2) is 0 Å². The van der Waals surface area contributed by atoms with E-state index in [1.165, 1.54) is 12.1 Å². The Labute approximate surface area is 147 Å². The molecule has 0 radical (unpaired) electrons. The minimum atomic E-state index is -4.33. The van der Waals surface area contributed by atoms with Crippen LogP contribution in [0.4, 0.5) is 13.2 Å². The SMILES string of the molecule is CC(Cc1ccc(C(F)(F)F)cc1)C(=O)N1CCNC(C)C1C.Cl. The number of carbonyl (C=O) groups excluding carboxylic acids is 1. The third kappa shape index (κ3) is 4.86. The van der Waals surface area contributed by atoms with E-state index in [-0.39, 0.29) is 36.3 Å². The normalized spacial score (nSPS) is 22.7. The maximum absolute atomic E-state index is 12.6. The summed E-state index contributed by atoms with van der Waals surface area (Å²) in [5.74, 6) is -0.190. The number of hydrogen-bond acceptors (Lipinski definition) is 2. The molecule has 136 valence electrons. The summed E-state index contributed by atoms with van der Waals surface area (Å²) in [7, 11) is 0. The van der Waals surface area contributed by atoms with Gasteiger partial charge in [-0.15, -0.1) is 12.4 Å². The van der Waals surface area contributed by atoms with Crippen LogP contribution in [0.25, 0.3) is 0 Å². The molecule has 2 rings (SSSR count). The van der Waals surface area contributed by atoms with Crippen LogP contribution in [0, 0.1) is 5.92 Å². The van der Waals surface area contributed by atoms with E-state index in [0.29, 0.717) is 13.0 Å². The van der Waals surface area contributed by atoms with E-state index >= 15 is 0 Å². The molecule has 1 aromatic rings. The van der Waals surface area contributed by atoms with Crippen LogP contribution in [-0.4, -0.2) is 36.0 Å². The third-order valence-electron chi connectivity index (χ3n) is 4.56. The lowest BCUT2D eigenvalue weighted by Crippen LogP contribution is -2.58. The van der Waals surface area contributed by atoms with Crippen molar-refractivity contribution < 1.29 is 18.0 Å². The summed E-state index contributed by atoms with van der Waals surface area (Å²) in [6.07, 6.45) is -3.88. The van der Waals surface area contributed by atoms with E-state index in [1.807, 2.05) is 25.7 Å². The molecule has 1 saturated heterocycles. The van der Waals surface area contributed by atoms with Crippen LogP contribution in [0.3, 0.4) is 0 Å². The van der Waals surface area contributed by atoms with Crippen LogP contribution >= 0.6 is 12.4 Å². The lowest BCUT2D eigenvalue weighted by Gasteiger charge is -2.40. The van der Waals surface area contributed by atoms with Gasteiger partial charge in [-0.3, -0.25) is 4.79 Å². The lowest BCUT2D eigenvalue weighted by molar-refractivity contribution is -0.139. The Bertz CT molecular complexity index is 548. The van der Waals surface area contributed by atoms with Crippen LogP contribution in [-0.2, 0) is 17.4 Å². The van der Waals surface area contributed by atoms with Crippen molar-refractivity contribution in [2.75, 3.05) is 13.1 Å². The highest BCUT2D eigenvalue weighted by Gasteiger charge is 2.32. The minimum Gasteiger partial charge on any atom is -0.337 e. The summed E-state index contributed by atoms with van der Waals surface area (Å²) in [4.78, 5) is 14.5. The molecule has 0 spiro atoms. The molecule has 0 bridgehead atoms. The first-order valence-corrected chi connectivity index (χ1v) is 7.90. The standard InChI is InChI=1S/C17H23F3N2O.ClH/c1-11(16(23)22-9-8-21-12(2)13(22)3)10-14-4-6-15(7-5-14)17(18,19)20;/h4-7,11-13,21H,8-10H2,1-3H3;1H. The van der Waals surface area contributed by atoms with Crippen molar-refractivity contribution in [2.24, 2.45) is 5.92 Å². The fraction of sp³-hybridized carbons (Fsp3) is 0.588. The molecule has 0 aromatic heterocycles. The van der Waals surface area contributed by atoms with Gasteiger partial charge in [0.1, 0.15) is 0 Å². The quantitative estimate of drug-likeness (QED) is 0.890. The van der Waals surface area contributed by atoms with Gasteiger partial charge in [-0.1, -0.05) is 19.1 Å². The average molecular weight is 365 g/mol. The molecular formula is C17H24ClF3N2O. The number of halogens is 4. The fourth-order valence-corrected chi connectivity index (χ4v) is 2.92. The van der Waals surface area contributed by atoms with E-state index in [4.69, 9.17) is 0 Å². The summed E-state index contributed by atoms with van der Waals surface area (Å²) in [6.45, 7) is 7.33. The molecule has 1 aromatic carbocycles. The van der Waals surface area contributed by atoms with Crippen LogP contribution in [0.5, 0.6) is 0 Å². The Balaban J connectivity index is 0.00000288. The Morgan fingerprint density at radius 1 is 1.29 bits per heavy atom. The van der Waals surface area contributed by atoms with Crippen molar-refractivity contribution in [1.82, 2.24) is 10.2 Å². The molecule has 1 fully saturated rings. The van der Waals surface area contributed by atoms with Gasteiger partial charge in [0.25, 0.3) is 0 Å². The number of nitrogens with one attached hydrogen (secondary N) is 1. The molecule has 1 aliphatic heterocycles. The number of amides is 1. The lowest BCUT2D eigenvalue weighted by atomic mass is 9.97. The van der Waals surface area contributed by atoms with Crippen molar-refractivity contribution in [2.45, 2.75) is 45.5 Å². The molecular weight excluding hydrogens is 341 g/mol. The molecule has 0 saturated carbocycles. The second-order valence-corrected chi connectivity index (χ2v) is 6.31. The third-order valence-corrected chi connectivity index (χ3v) is 4.56. The van der Waals surface area contributed by atoms with Crippen LogP contribution < -0.4 is 5.32 Å². The largest absolute Gasteiger partial charge is 0.416 e. The summed E-state index contributed by atoms with van der Waals surface area (Å²) in [5.41, 5.74) is 0.0828. The first-order valence-electron chi connectivity index (χ1n) is 7.90. The molecule has 3 unspecified atom stereocenters. The molecule has 1 N–H and O–H groups in total. The van der Waals surface area contributed by atoms with Crippen molar-refractivity contribution in [1.29, 1.82) is 0 Å². The maximum Gasteiger partial charge on any atom is 0.416 e. The molecule has 1 amide bonds. The molecule has 1 aliphatic rings. The highest BCUT2D eigenvalue weighted by atomic mass is 35.5. The molecule has 0 aliphatic carbocycles. The Hall–Kier alpha value is -1.27. The summed E-state index contributed by atoms with van der Waals surface area (Å²) in [6, 6.07) is 5.41. The van der Waals surface area contributed by atoms with E-state index in [0.717, 1.165) is 24.2 Å². The summed E-state index contributed by atoms with van der Waals surface area (Å²) >= 11 is 0. The topological polar surface area (TPSA) is 32.3 Å². The number of carbonyl (C=O) groups is 1. The Morgan fingerprint density at radius 3 is 2.42 bits per heavy atom. The zero-order chi connectivity index (χ0) is 17.2. The fourth-order valence-electron chi connectivity index (χ4n) is 2.92. The van der Waals surface area contributed by atoms with Crippen LogP contribution in [0.1, 0.15) is 31.9 Å². The van der Waals surface area contributed by atoms with Gasteiger partial charge in [-0.05, 0) is 38.0 Å². The first-order chi connectivity index (χ1) is 10.7. The monoisotopic (exact) mass is 364 g/mol. The van der Waals surface area contributed by atoms with Crippen molar-refractivity contribution in [3.05, 3.63) is 35.4 Å². The molecule has 7 heteroatoms. The summed E-state index contributed by atoms with van der Waals surface area (Å²) in [5, 5.41) is 3.33. The number of piperazine rings is 1. The van der Waals surface area contributed by atoms with E-state index in [1.54, 1.807) is 0 Å². The predicted octanol–water partition coefficient (Wildman–Crippen LogP) is 3.51. The highest BCUT2D eigenvalue weighted by Crippen LogP contribution is 2.29. The zero-order valence-corrected chi connectivity index (χ0v) is 14.9. The van der Waals surface area contributed by atoms with Crippen LogP contribution in [0.2, 0.25) is 0 Å². The Morgan fingerprint density at radius 2 is 1.88 bits per heavy atom. The van der Waals surface area contributed by atoms with E-state index in [2.05, 4.69) is 5.32 Å². The molecule has 3 nitrogen and oxygen atoms in total. The highest BCUT2D eigenvalue weighted by molar-refractivity contribution is 5.85.